The first-order valence-corrected chi connectivity index (χ1v) is 21.6. The normalized spacial score (nSPS) is 12.6. The molecule has 0 saturated carbocycles. The van der Waals surface area contributed by atoms with Gasteiger partial charge in [-0.1, -0.05) is 99.6 Å². The van der Waals surface area contributed by atoms with Crippen molar-refractivity contribution in [3.05, 3.63) is 142 Å². The molecule has 0 fully saturated rings. The number of amides is 1. The predicted octanol–water partition coefficient (Wildman–Crippen LogP) is 8.85. The number of aromatic amines is 1. The molecule has 1 heterocycles. The quantitative estimate of drug-likeness (QED) is 0.0616. The first kappa shape index (κ1) is 39.7. The van der Waals surface area contributed by atoms with Crippen LogP contribution >= 0.6 is 0 Å². The summed E-state index contributed by atoms with van der Waals surface area (Å²) in [6.07, 6.45) is 1.79. The van der Waals surface area contributed by atoms with Crippen LogP contribution in [0.1, 0.15) is 62.0 Å². The number of pyridine rings is 1. The lowest BCUT2D eigenvalue weighted by atomic mass is 10.0. The summed E-state index contributed by atoms with van der Waals surface area (Å²) in [6.45, 7) is 14.7. The zero-order valence-electron chi connectivity index (χ0n) is 32.2. The summed E-state index contributed by atoms with van der Waals surface area (Å²) in [4.78, 5) is 30.8. The molecule has 9 heteroatoms. The minimum atomic E-state index is -2.28. The van der Waals surface area contributed by atoms with E-state index in [2.05, 4.69) is 96.8 Å². The second-order valence-electron chi connectivity index (χ2n) is 15.3. The SMILES string of the molecule is CNCCCC(=O)Nc1cccc(CCN(Cc2ccccc2)C[C@@H](O[Si](C)(C)C(C)(C)C)c2ccc(OCc3ccccc3)c3[nH]c(=O)ccc23)c1. The minimum absolute atomic E-state index is 0.0176. The van der Waals surface area contributed by atoms with E-state index >= 15 is 0 Å². The lowest BCUT2D eigenvalue weighted by Crippen LogP contribution is -2.44. The van der Waals surface area contributed by atoms with Gasteiger partial charge in [-0.3, -0.25) is 14.5 Å². The van der Waals surface area contributed by atoms with Gasteiger partial charge in [0.15, 0.2) is 8.32 Å². The third kappa shape index (κ3) is 11.5. The number of nitrogens with zero attached hydrogens (tertiary/aromatic N) is 1. The Morgan fingerprint density at radius 1 is 0.868 bits per heavy atom. The Kier molecular flexibility index (Phi) is 13.8. The summed E-state index contributed by atoms with van der Waals surface area (Å²) in [5.74, 6) is 0.658. The van der Waals surface area contributed by atoms with E-state index in [1.165, 1.54) is 5.56 Å². The zero-order valence-corrected chi connectivity index (χ0v) is 33.2. The topological polar surface area (TPSA) is 95.7 Å². The molecule has 0 aliphatic heterocycles. The monoisotopic (exact) mass is 732 g/mol. The fourth-order valence-electron chi connectivity index (χ4n) is 6.17. The number of carbonyl (C=O) groups is 1. The molecule has 0 saturated heterocycles. The maximum absolute atomic E-state index is 12.7. The molecule has 5 aromatic rings. The third-order valence-electron chi connectivity index (χ3n) is 10.1. The fraction of sp³-hybridized carbons (Fsp3) is 0.364. The number of aromatic nitrogens is 1. The van der Waals surface area contributed by atoms with Crippen molar-refractivity contribution in [3.63, 3.8) is 0 Å². The Hall–Kier alpha value is -4.54. The first-order valence-electron chi connectivity index (χ1n) is 18.7. The lowest BCUT2D eigenvalue weighted by Gasteiger charge is -2.41. The van der Waals surface area contributed by atoms with Crippen LogP contribution in [0.2, 0.25) is 18.1 Å². The first-order chi connectivity index (χ1) is 25.4. The highest BCUT2D eigenvalue weighted by Crippen LogP contribution is 2.42. The number of H-pyrrole nitrogens is 1. The van der Waals surface area contributed by atoms with Crippen LogP contribution in [0.3, 0.4) is 0 Å². The molecular formula is C44H56N4O4Si. The standard InChI is InChI=1S/C44H56N4O4Si/c1-44(2,3)53(5,6)52-40(37-22-24-39(43-38(37)23-25-42(50)47-43)51-32-35-17-11-8-12-18-35)31-48(30-34-15-9-7-10-16-34)28-26-33-19-13-20-36(29-33)46-41(49)21-14-27-45-4/h7-13,15-20,22-25,29,40,45H,14,21,26-28,30-32H2,1-6H3,(H,46,49)(H,47,50)/t40-/m1/s1. The van der Waals surface area contributed by atoms with Crippen LogP contribution in [0.25, 0.3) is 10.9 Å². The van der Waals surface area contributed by atoms with Gasteiger partial charge in [-0.2, -0.15) is 0 Å². The number of anilines is 1. The van der Waals surface area contributed by atoms with Gasteiger partial charge in [-0.25, -0.2) is 0 Å². The van der Waals surface area contributed by atoms with Gasteiger partial charge in [0.2, 0.25) is 11.5 Å². The van der Waals surface area contributed by atoms with Crippen molar-refractivity contribution in [1.29, 1.82) is 0 Å². The van der Waals surface area contributed by atoms with E-state index in [0.717, 1.165) is 60.2 Å². The molecule has 1 aromatic heterocycles. The Bertz CT molecular complexity index is 1980. The average molecular weight is 733 g/mol. The third-order valence-corrected chi connectivity index (χ3v) is 14.6. The van der Waals surface area contributed by atoms with E-state index in [0.29, 0.717) is 30.8 Å². The molecule has 0 aliphatic rings. The van der Waals surface area contributed by atoms with E-state index in [1.54, 1.807) is 6.07 Å². The molecule has 1 amide bonds. The number of hydrogen-bond acceptors (Lipinski definition) is 6. The molecule has 5 rings (SSSR count). The van der Waals surface area contributed by atoms with Crippen LogP contribution in [0, 0.1) is 0 Å². The van der Waals surface area contributed by atoms with E-state index in [4.69, 9.17) is 9.16 Å². The van der Waals surface area contributed by atoms with Gasteiger partial charge in [0, 0.05) is 43.2 Å². The Balaban J connectivity index is 1.46. The van der Waals surface area contributed by atoms with Crippen molar-refractivity contribution < 1.29 is 14.0 Å². The molecule has 53 heavy (non-hydrogen) atoms. The van der Waals surface area contributed by atoms with Crippen molar-refractivity contribution in [2.45, 2.75) is 77.4 Å². The van der Waals surface area contributed by atoms with Crippen LogP contribution in [0.5, 0.6) is 5.75 Å². The average Bonchev–Trinajstić information content (AvgIpc) is 3.13. The van der Waals surface area contributed by atoms with Crippen LogP contribution in [0.4, 0.5) is 5.69 Å². The highest BCUT2D eigenvalue weighted by Gasteiger charge is 2.40. The molecule has 1 atom stereocenters. The maximum Gasteiger partial charge on any atom is 0.248 e. The Morgan fingerprint density at radius 3 is 2.26 bits per heavy atom. The van der Waals surface area contributed by atoms with Gasteiger partial charge >= 0.3 is 0 Å². The largest absolute Gasteiger partial charge is 0.487 e. The summed E-state index contributed by atoms with van der Waals surface area (Å²) < 4.78 is 13.6. The van der Waals surface area contributed by atoms with E-state index < -0.39 is 8.32 Å². The molecule has 0 spiro atoms. The highest BCUT2D eigenvalue weighted by atomic mass is 28.4. The molecule has 0 radical (unpaired) electrons. The van der Waals surface area contributed by atoms with Gasteiger partial charge in [-0.05, 0) is 91.1 Å². The maximum atomic E-state index is 12.7. The van der Waals surface area contributed by atoms with E-state index in [1.807, 2.05) is 67.7 Å². The summed E-state index contributed by atoms with van der Waals surface area (Å²) >= 11 is 0. The second-order valence-corrected chi connectivity index (χ2v) is 20.1. The van der Waals surface area contributed by atoms with Gasteiger partial charge in [0.1, 0.15) is 12.4 Å². The number of fused-ring (bicyclic) bond motifs is 1. The van der Waals surface area contributed by atoms with E-state index in [-0.39, 0.29) is 22.6 Å². The van der Waals surface area contributed by atoms with Gasteiger partial charge in [-0.15, -0.1) is 0 Å². The Labute approximate surface area is 316 Å². The molecular weight excluding hydrogens is 677 g/mol. The van der Waals surface area contributed by atoms with Crippen LogP contribution < -0.4 is 20.9 Å². The highest BCUT2D eigenvalue weighted by molar-refractivity contribution is 6.74. The number of benzene rings is 4. The van der Waals surface area contributed by atoms with Crippen molar-refractivity contribution in [1.82, 2.24) is 15.2 Å². The molecule has 8 nitrogen and oxygen atoms in total. The summed E-state index contributed by atoms with van der Waals surface area (Å²) in [7, 11) is -0.381. The zero-order chi connectivity index (χ0) is 37.8. The molecule has 0 bridgehead atoms. The van der Waals surface area contributed by atoms with Crippen molar-refractivity contribution in [3.8, 4) is 5.75 Å². The van der Waals surface area contributed by atoms with Crippen molar-refractivity contribution >= 4 is 30.8 Å². The molecule has 280 valence electrons. The van der Waals surface area contributed by atoms with Crippen LogP contribution in [0.15, 0.2) is 114 Å². The van der Waals surface area contributed by atoms with Crippen LogP contribution in [-0.4, -0.2) is 50.8 Å². The summed E-state index contributed by atoms with van der Waals surface area (Å²) in [5.41, 5.74) is 5.77. The minimum Gasteiger partial charge on any atom is -0.487 e. The Morgan fingerprint density at radius 2 is 1.57 bits per heavy atom. The predicted molar refractivity (Wildman–Crippen MR) is 220 cm³/mol. The number of rotatable bonds is 18. The van der Waals surface area contributed by atoms with E-state index in [9.17, 15) is 9.59 Å². The molecule has 0 unspecified atom stereocenters. The number of nitrogens with one attached hydrogen (secondary N) is 3. The number of ether oxygens (including phenoxy) is 1. The van der Waals surface area contributed by atoms with Gasteiger partial charge < -0.3 is 24.8 Å². The van der Waals surface area contributed by atoms with Gasteiger partial charge in [0.05, 0.1) is 11.6 Å². The number of carbonyl (C=O) groups excluding carboxylic acids is 1. The van der Waals surface area contributed by atoms with Crippen molar-refractivity contribution in [2.75, 3.05) is 32.0 Å². The smallest absolute Gasteiger partial charge is 0.248 e. The molecule has 4 aromatic carbocycles. The number of hydrogen-bond donors (Lipinski definition) is 3. The summed E-state index contributed by atoms with van der Waals surface area (Å²) in [5, 5.41) is 7.07. The lowest BCUT2D eigenvalue weighted by molar-refractivity contribution is -0.116. The van der Waals surface area contributed by atoms with Crippen molar-refractivity contribution in [2.24, 2.45) is 0 Å². The molecule has 0 aliphatic carbocycles. The van der Waals surface area contributed by atoms with Gasteiger partial charge in [0.25, 0.3) is 0 Å². The second kappa shape index (κ2) is 18.5. The summed E-state index contributed by atoms with van der Waals surface area (Å²) in [6, 6.07) is 36.3. The molecule has 3 N–H and O–H groups in total. The fourth-order valence-corrected chi connectivity index (χ4v) is 7.43. The van der Waals surface area contributed by atoms with Crippen LogP contribution in [-0.2, 0) is 28.8 Å².